The molecule has 0 fully saturated rings. The van der Waals surface area contributed by atoms with E-state index in [1.807, 2.05) is 35.7 Å². The number of urea groups is 1. The van der Waals surface area contributed by atoms with Crippen LogP contribution in [0.4, 0.5) is 16.2 Å². The molecule has 0 atom stereocenters. The van der Waals surface area contributed by atoms with Crippen molar-refractivity contribution in [1.82, 2.24) is 5.32 Å². The molecule has 1 aromatic heterocycles. The van der Waals surface area contributed by atoms with Crippen molar-refractivity contribution in [3.63, 3.8) is 0 Å². The predicted octanol–water partition coefficient (Wildman–Crippen LogP) is 2.42. The number of rotatable bonds is 2. The maximum Gasteiger partial charge on any atom is 0.322 e. The second-order valence-electron chi connectivity index (χ2n) is 4.39. The summed E-state index contributed by atoms with van der Waals surface area (Å²) in [5.74, 6) is -0.185. The van der Waals surface area contributed by atoms with Crippen LogP contribution in [-0.2, 0) is 11.3 Å². The monoisotopic (exact) mass is 287 g/mol. The molecule has 0 saturated carbocycles. The van der Waals surface area contributed by atoms with Crippen LogP contribution in [0.5, 0.6) is 0 Å². The Morgan fingerprint density at radius 2 is 2.15 bits per heavy atom. The molecule has 1 aliphatic heterocycles. The third kappa shape index (κ3) is 2.50. The van der Waals surface area contributed by atoms with Crippen molar-refractivity contribution in [2.45, 2.75) is 6.54 Å². The van der Waals surface area contributed by atoms with Crippen LogP contribution in [0.15, 0.2) is 41.8 Å². The van der Waals surface area contributed by atoms with Crippen molar-refractivity contribution >= 4 is 34.6 Å². The zero-order valence-corrected chi connectivity index (χ0v) is 11.4. The number of benzene rings is 1. The van der Waals surface area contributed by atoms with Crippen LogP contribution in [0.25, 0.3) is 0 Å². The summed E-state index contributed by atoms with van der Waals surface area (Å²) in [6, 6.07) is 10.9. The lowest BCUT2D eigenvalue weighted by molar-refractivity contribution is -0.115. The highest BCUT2D eigenvalue weighted by Crippen LogP contribution is 2.28. The van der Waals surface area contributed by atoms with Crippen LogP contribution in [-0.4, -0.2) is 18.5 Å². The summed E-state index contributed by atoms with van der Waals surface area (Å²) in [4.78, 5) is 26.4. The van der Waals surface area contributed by atoms with Gasteiger partial charge in [-0.1, -0.05) is 18.2 Å². The molecule has 0 bridgehead atoms. The number of thiophene rings is 1. The van der Waals surface area contributed by atoms with Crippen LogP contribution >= 0.6 is 11.3 Å². The molecule has 1 aliphatic rings. The molecule has 1 aromatic carbocycles. The molecule has 0 saturated heterocycles. The second kappa shape index (κ2) is 5.34. The molecule has 0 spiro atoms. The zero-order valence-electron chi connectivity index (χ0n) is 10.6. The van der Waals surface area contributed by atoms with E-state index in [1.165, 1.54) is 4.90 Å². The van der Waals surface area contributed by atoms with E-state index in [0.717, 1.165) is 10.6 Å². The quantitative estimate of drug-likeness (QED) is 0.891. The van der Waals surface area contributed by atoms with Gasteiger partial charge >= 0.3 is 6.03 Å². The van der Waals surface area contributed by atoms with Gasteiger partial charge in [-0.2, -0.15) is 0 Å². The van der Waals surface area contributed by atoms with E-state index in [9.17, 15) is 9.59 Å². The minimum atomic E-state index is -0.263. The summed E-state index contributed by atoms with van der Waals surface area (Å²) >= 11 is 1.59. The van der Waals surface area contributed by atoms with Gasteiger partial charge in [0.15, 0.2) is 0 Å². The number of hydrogen-bond acceptors (Lipinski definition) is 3. The third-order valence-electron chi connectivity index (χ3n) is 3.01. The molecular formula is C14H13N3O2S. The first-order valence-electron chi connectivity index (χ1n) is 6.20. The lowest BCUT2D eigenvalue weighted by Crippen LogP contribution is -2.46. The molecule has 20 heavy (non-hydrogen) atoms. The number of hydrogen-bond donors (Lipinski definition) is 2. The van der Waals surface area contributed by atoms with Crippen molar-refractivity contribution in [3.05, 3.63) is 46.7 Å². The molecular weight excluding hydrogens is 274 g/mol. The summed E-state index contributed by atoms with van der Waals surface area (Å²) in [5.41, 5.74) is 1.38. The predicted molar refractivity (Wildman–Crippen MR) is 79.0 cm³/mol. The molecule has 0 unspecified atom stereocenters. The number of carbonyl (C=O) groups excluding carboxylic acids is 2. The standard InChI is InChI=1S/C14H13N3O2S/c18-13-9-17(12-6-2-1-5-11(12)16-13)14(19)15-8-10-4-3-7-20-10/h1-7H,8-9H2,(H,15,19)(H,16,18). The summed E-state index contributed by atoms with van der Waals surface area (Å²) in [5, 5.41) is 7.55. The van der Waals surface area contributed by atoms with Gasteiger partial charge in [-0.05, 0) is 23.6 Å². The van der Waals surface area contributed by atoms with E-state index >= 15 is 0 Å². The third-order valence-corrected chi connectivity index (χ3v) is 3.89. The van der Waals surface area contributed by atoms with Gasteiger partial charge in [0.25, 0.3) is 0 Å². The lowest BCUT2D eigenvalue weighted by atomic mass is 10.2. The minimum absolute atomic E-state index is 0.0350. The van der Waals surface area contributed by atoms with Crippen LogP contribution in [0.2, 0.25) is 0 Å². The van der Waals surface area contributed by atoms with Crippen LogP contribution in [0.1, 0.15) is 4.88 Å². The first-order valence-corrected chi connectivity index (χ1v) is 7.08. The Morgan fingerprint density at radius 1 is 1.30 bits per heavy atom. The highest BCUT2D eigenvalue weighted by molar-refractivity contribution is 7.09. The second-order valence-corrected chi connectivity index (χ2v) is 5.42. The van der Waals surface area contributed by atoms with Crippen LogP contribution < -0.4 is 15.5 Å². The molecule has 2 heterocycles. The largest absolute Gasteiger partial charge is 0.333 e. The maximum atomic E-state index is 12.2. The number of para-hydroxylation sites is 2. The van der Waals surface area contributed by atoms with E-state index < -0.39 is 0 Å². The Balaban J connectivity index is 1.76. The van der Waals surface area contributed by atoms with Gasteiger partial charge in [0.2, 0.25) is 5.91 Å². The van der Waals surface area contributed by atoms with E-state index in [0.29, 0.717) is 12.2 Å². The molecule has 0 aliphatic carbocycles. The number of nitrogens with one attached hydrogen (secondary N) is 2. The SMILES string of the molecule is O=C1CN(C(=O)NCc2cccs2)c2ccccc2N1. The molecule has 3 amide bonds. The number of carbonyl (C=O) groups is 2. The number of nitrogens with zero attached hydrogens (tertiary/aromatic N) is 1. The number of fused-ring (bicyclic) bond motifs is 1. The first kappa shape index (κ1) is 12.7. The van der Waals surface area contributed by atoms with Gasteiger partial charge in [-0.25, -0.2) is 4.79 Å². The zero-order chi connectivity index (χ0) is 13.9. The minimum Gasteiger partial charge on any atom is -0.333 e. The first-order chi connectivity index (χ1) is 9.74. The highest BCUT2D eigenvalue weighted by atomic mass is 32.1. The topological polar surface area (TPSA) is 61.4 Å². The highest BCUT2D eigenvalue weighted by Gasteiger charge is 2.26. The van der Waals surface area contributed by atoms with Gasteiger partial charge in [-0.3, -0.25) is 9.69 Å². The fourth-order valence-electron chi connectivity index (χ4n) is 2.09. The van der Waals surface area contributed by atoms with Gasteiger partial charge in [-0.15, -0.1) is 11.3 Å². The smallest absolute Gasteiger partial charge is 0.322 e. The van der Waals surface area contributed by atoms with Gasteiger partial charge in [0.1, 0.15) is 6.54 Å². The summed E-state index contributed by atoms with van der Waals surface area (Å²) in [7, 11) is 0. The van der Waals surface area contributed by atoms with Crippen molar-refractivity contribution in [2.24, 2.45) is 0 Å². The van der Waals surface area contributed by atoms with E-state index in [4.69, 9.17) is 0 Å². The van der Waals surface area contributed by atoms with Crippen molar-refractivity contribution in [2.75, 3.05) is 16.8 Å². The summed E-state index contributed by atoms with van der Waals surface area (Å²) in [6.07, 6.45) is 0. The van der Waals surface area contributed by atoms with E-state index in [2.05, 4.69) is 10.6 Å². The normalized spacial score (nSPS) is 13.6. The molecule has 6 heteroatoms. The molecule has 0 radical (unpaired) electrons. The van der Waals surface area contributed by atoms with Crippen LogP contribution in [0.3, 0.4) is 0 Å². The average molecular weight is 287 g/mol. The summed E-state index contributed by atoms with van der Waals surface area (Å²) in [6.45, 7) is 0.504. The van der Waals surface area contributed by atoms with Crippen LogP contribution in [0, 0.1) is 0 Å². The molecule has 3 rings (SSSR count). The Hall–Kier alpha value is -2.34. The maximum absolute atomic E-state index is 12.2. The fraction of sp³-hybridized carbons (Fsp3) is 0.143. The molecule has 2 aromatic rings. The Morgan fingerprint density at radius 3 is 2.95 bits per heavy atom. The Bertz CT molecular complexity index is 640. The fourth-order valence-corrected chi connectivity index (χ4v) is 2.73. The Kier molecular flexibility index (Phi) is 3.39. The average Bonchev–Trinajstić information content (AvgIpc) is 2.97. The molecule has 102 valence electrons. The van der Waals surface area contributed by atoms with E-state index in [-0.39, 0.29) is 18.5 Å². The molecule has 2 N–H and O–H groups in total. The molecule has 5 nitrogen and oxygen atoms in total. The van der Waals surface area contributed by atoms with Crippen molar-refractivity contribution in [1.29, 1.82) is 0 Å². The van der Waals surface area contributed by atoms with Gasteiger partial charge in [0, 0.05) is 4.88 Å². The van der Waals surface area contributed by atoms with E-state index in [1.54, 1.807) is 17.4 Å². The number of anilines is 2. The Labute approximate surface area is 120 Å². The van der Waals surface area contributed by atoms with Crippen molar-refractivity contribution in [3.8, 4) is 0 Å². The summed E-state index contributed by atoms with van der Waals surface area (Å²) < 4.78 is 0. The van der Waals surface area contributed by atoms with Gasteiger partial charge < -0.3 is 10.6 Å². The van der Waals surface area contributed by atoms with Crippen molar-refractivity contribution < 1.29 is 9.59 Å². The number of amides is 3. The lowest BCUT2D eigenvalue weighted by Gasteiger charge is -2.29. The van der Waals surface area contributed by atoms with Gasteiger partial charge in [0.05, 0.1) is 17.9 Å².